The molecule has 2 aliphatic heterocycles. The number of aromatic nitrogens is 1. The van der Waals surface area contributed by atoms with Gasteiger partial charge in [0.2, 0.25) is 5.91 Å². The first kappa shape index (κ1) is 20.6. The van der Waals surface area contributed by atoms with E-state index in [-0.39, 0.29) is 5.92 Å². The Morgan fingerprint density at radius 1 is 1.06 bits per heavy atom. The molecule has 0 saturated carbocycles. The van der Waals surface area contributed by atoms with Gasteiger partial charge in [-0.2, -0.15) is 0 Å². The third kappa shape index (κ3) is 4.37. The number of carbonyl (C=O) groups is 1. The van der Waals surface area contributed by atoms with Gasteiger partial charge in [-0.15, -0.1) is 0 Å². The molecule has 1 aromatic heterocycles. The SMILES string of the molecule is Cc1ccc2nc(N3CCCC(C(=O)N4CCN(c5cccc(Cl)c5)CC4)C3)sc2c1. The van der Waals surface area contributed by atoms with Crippen molar-refractivity contribution in [1.29, 1.82) is 0 Å². The molecule has 162 valence electrons. The van der Waals surface area contributed by atoms with Gasteiger partial charge in [0.1, 0.15) is 0 Å². The number of benzene rings is 2. The van der Waals surface area contributed by atoms with E-state index < -0.39 is 0 Å². The van der Waals surface area contributed by atoms with E-state index in [1.165, 1.54) is 10.3 Å². The van der Waals surface area contributed by atoms with E-state index in [1.807, 2.05) is 18.2 Å². The van der Waals surface area contributed by atoms with E-state index in [2.05, 4.69) is 45.9 Å². The molecule has 0 N–H and O–H groups in total. The molecule has 0 bridgehead atoms. The van der Waals surface area contributed by atoms with Crippen molar-refractivity contribution < 1.29 is 4.79 Å². The Labute approximate surface area is 192 Å². The third-order valence-corrected chi connectivity index (χ3v) is 7.65. The molecule has 2 saturated heterocycles. The predicted octanol–water partition coefficient (Wildman–Crippen LogP) is 4.82. The van der Waals surface area contributed by atoms with Gasteiger partial charge in [-0.3, -0.25) is 4.79 Å². The summed E-state index contributed by atoms with van der Waals surface area (Å²) in [6, 6.07) is 14.4. The van der Waals surface area contributed by atoms with E-state index in [4.69, 9.17) is 16.6 Å². The molecule has 0 aliphatic carbocycles. The monoisotopic (exact) mass is 454 g/mol. The second-order valence-electron chi connectivity index (χ2n) is 8.54. The number of hydrogen-bond donors (Lipinski definition) is 0. The molecule has 1 amide bonds. The van der Waals surface area contributed by atoms with Crippen molar-refractivity contribution in [2.75, 3.05) is 49.1 Å². The second-order valence-corrected chi connectivity index (χ2v) is 9.99. The van der Waals surface area contributed by atoms with Crippen LogP contribution in [0.5, 0.6) is 0 Å². The zero-order chi connectivity index (χ0) is 21.4. The molecule has 2 fully saturated rings. The zero-order valence-corrected chi connectivity index (χ0v) is 19.3. The molecular weight excluding hydrogens is 428 g/mol. The Kier molecular flexibility index (Phi) is 5.76. The van der Waals surface area contributed by atoms with Crippen LogP contribution in [0, 0.1) is 12.8 Å². The van der Waals surface area contributed by atoms with Crippen LogP contribution < -0.4 is 9.80 Å². The maximum absolute atomic E-state index is 13.3. The Morgan fingerprint density at radius 3 is 2.71 bits per heavy atom. The smallest absolute Gasteiger partial charge is 0.227 e. The lowest BCUT2D eigenvalue weighted by Gasteiger charge is -2.39. The lowest BCUT2D eigenvalue weighted by atomic mass is 9.96. The number of hydrogen-bond acceptors (Lipinski definition) is 5. The van der Waals surface area contributed by atoms with Crippen LogP contribution in [-0.4, -0.2) is 55.1 Å². The van der Waals surface area contributed by atoms with Crippen molar-refractivity contribution in [1.82, 2.24) is 9.88 Å². The van der Waals surface area contributed by atoms with Gasteiger partial charge in [-0.1, -0.05) is 35.1 Å². The van der Waals surface area contributed by atoms with Crippen LogP contribution in [-0.2, 0) is 4.79 Å². The summed E-state index contributed by atoms with van der Waals surface area (Å²) in [6.45, 7) is 7.09. The van der Waals surface area contributed by atoms with Crippen molar-refractivity contribution in [3.05, 3.63) is 53.1 Å². The highest BCUT2D eigenvalue weighted by molar-refractivity contribution is 7.22. The molecule has 0 spiro atoms. The van der Waals surface area contributed by atoms with E-state index in [1.54, 1.807) is 11.3 Å². The van der Waals surface area contributed by atoms with E-state index in [0.717, 1.165) is 73.5 Å². The van der Waals surface area contributed by atoms with Crippen molar-refractivity contribution in [3.8, 4) is 0 Å². The summed E-state index contributed by atoms with van der Waals surface area (Å²) in [6.07, 6.45) is 2.00. The number of nitrogens with zero attached hydrogens (tertiary/aromatic N) is 4. The summed E-state index contributed by atoms with van der Waals surface area (Å²) in [5.74, 6) is 0.354. The Hall–Kier alpha value is -2.31. The standard InChI is InChI=1S/C24H27ClN4OS/c1-17-7-8-21-22(14-17)31-24(26-21)29-9-3-4-18(16-29)23(30)28-12-10-27(11-13-28)20-6-2-5-19(25)15-20/h2,5-8,14-15,18H,3-4,9-13,16H2,1H3. The topological polar surface area (TPSA) is 39.7 Å². The summed E-state index contributed by atoms with van der Waals surface area (Å²) in [4.78, 5) is 24.8. The highest BCUT2D eigenvalue weighted by atomic mass is 35.5. The van der Waals surface area contributed by atoms with Crippen molar-refractivity contribution in [2.24, 2.45) is 5.92 Å². The zero-order valence-electron chi connectivity index (χ0n) is 17.8. The number of anilines is 2. The Balaban J connectivity index is 1.22. The third-order valence-electron chi connectivity index (χ3n) is 6.34. The van der Waals surface area contributed by atoms with Gasteiger partial charge in [-0.05, 0) is 55.7 Å². The molecule has 1 unspecified atom stereocenters. The van der Waals surface area contributed by atoms with E-state index >= 15 is 0 Å². The van der Waals surface area contributed by atoms with Crippen LogP contribution in [0.1, 0.15) is 18.4 Å². The summed E-state index contributed by atoms with van der Waals surface area (Å²) < 4.78 is 1.22. The first-order valence-corrected chi connectivity index (χ1v) is 12.2. The number of thiazole rings is 1. The fraction of sp³-hybridized carbons (Fsp3) is 0.417. The largest absolute Gasteiger partial charge is 0.368 e. The first-order valence-electron chi connectivity index (χ1n) is 11.0. The van der Waals surface area contributed by atoms with E-state index in [9.17, 15) is 4.79 Å². The Morgan fingerprint density at radius 2 is 1.90 bits per heavy atom. The van der Waals surface area contributed by atoms with E-state index in [0.29, 0.717) is 5.91 Å². The molecule has 3 heterocycles. The minimum absolute atomic E-state index is 0.0558. The summed E-state index contributed by atoms with van der Waals surface area (Å²) in [7, 11) is 0. The highest BCUT2D eigenvalue weighted by Gasteiger charge is 2.32. The number of halogens is 1. The van der Waals surface area contributed by atoms with Crippen LogP contribution in [0.3, 0.4) is 0 Å². The molecule has 7 heteroatoms. The molecule has 2 aromatic carbocycles. The minimum atomic E-state index is 0.0558. The van der Waals surface area contributed by atoms with Gasteiger partial charge in [0.15, 0.2) is 5.13 Å². The number of fused-ring (bicyclic) bond motifs is 1. The highest BCUT2D eigenvalue weighted by Crippen LogP contribution is 2.32. The minimum Gasteiger partial charge on any atom is -0.368 e. The van der Waals surface area contributed by atoms with Gasteiger partial charge in [0.25, 0.3) is 0 Å². The number of carbonyl (C=O) groups excluding carboxylic acids is 1. The molecule has 3 aromatic rings. The molecule has 5 nitrogen and oxygen atoms in total. The van der Waals surface area contributed by atoms with Crippen molar-refractivity contribution in [2.45, 2.75) is 19.8 Å². The fourth-order valence-corrected chi connectivity index (χ4v) is 5.91. The number of piperidine rings is 1. The summed E-state index contributed by atoms with van der Waals surface area (Å²) in [5, 5.41) is 1.80. The lowest BCUT2D eigenvalue weighted by Crippen LogP contribution is -2.52. The lowest BCUT2D eigenvalue weighted by molar-refractivity contribution is -0.136. The van der Waals surface area contributed by atoms with Crippen molar-refractivity contribution >= 4 is 49.9 Å². The molecule has 31 heavy (non-hydrogen) atoms. The van der Waals surface area contributed by atoms with Crippen molar-refractivity contribution in [3.63, 3.8) is 0 Å². The van der Waals surface area contributed by atoms with Crippen LogP contribution in [0.25, 0.3) is 10.2 Å². The number of piperazine rings is 1. The number of aryl methyl sites for hydroxylation is 1. The molecule has 5 rings (SSSR count). The van der Waals surface area contributed by atoms with Crippen LogP contribution in [0.4, 0.5) is 10.8 Å². The molecule has 1 atom stereocenters. The first-order chi connectivity index (χ1) is 15.1. The number of amides is 1. The average molecular weight is 455 g/mol. The van der Waals surface area contributed by atoms with Gasteiger partial charge in [0.05, 0.1) is 16.1 Å². The fourth-order valence-electron chi connectivity index (χ4n) is 4.62. The maximum atomic E-state index is 13.3. The van der Waals surface area contributed by atoms with Gasteiger partial charge >= 0.3 is 0 Å². The molecule has 2 aliphatic rings. The van der Waals surface area contributed by atoms with Crippen LogP contribution in [0.15, 0.2) is 42.5 Å². The second kappa shape index (κ2) is 8.67. The van der Waals surface area contributed by atoms with Crippen LogP contribution in [0.2, 0.25) is 5.02 Å². The normalized spacial score (nSPS) is 19.8. The number of rotatable bonds is 3. The maximum Gasteiger partial charge on any atom is 0.227 e. The Bertz CT molecular complexity index is 1090. The van der Waals surface area contributed by atoms with Gasteiger partial charge in [-0.25, -0.2) is 4.98 Å². The van der Waals surface area contributed by atoms with Gasteiger partial charge < -0.3 is 14.7 Å². The predicted molar refractivity (Wildman–Crippen MR) is 130 cm³/mol. The summed E-state index contributed by atoms with van der Waals surface area (Å²) >= 11 is 7.88. The van der Waals surface area contributed by atoms with Crippen LogP contribution >= 0.6 is 22.9 Å². The molecular formula is C24H27ClN4OS. The van der Waals surface area contributed by atoms with Gasteiger partial charge in [0, 0.05) is 50.0 Å². The molecule has 0 radical (unpaired) electrons. The summed E-state index contributed by atoms with van der Waals surface area (Å²) in [5.41, 5.74) is 3.44. The average Bonchev–Trinajstić information content (AvgIpc) is 3.22. The quantitative estimate of drug-likeness (QED) is 0.568.